The molecule has 1 aliphatic heterocycles. The molecule has 142 valence electrons. The number of benzene rings is 2. The van der Waals surface area contributed by atoms with Crippen molar-refractivity contribution in [2.45, 2.75) is 12.5 Å². The van der Waals surface area contributed by atoms with E-state index in [9.17, 15) is 9.59 Å². The van der Waals surface area contributed by atoms with Crippen LogP contribution < -0.4 is 15.4 Å². The average molecular weight is 398 g/mol. The van der Waals surface area contributed by atoms with E-state index in [-0.39, 0.29) is 30.9 Å². The number of hydrogen-bond donors (Lipinski definition) is 2. The molecular weight excluding hydrogens is 382 g/mol. The highest BCUT2D eigenvalue weighted by Crippen LogP contribution is 2.29. The molecule has 2 amide bonds. The molecule has 1 aliphatic rings. The number of fused-ring (bicyclic) bond motifs is 1. The maximum atomic E-state index is 12.0. The second-order valence-electron chi connectivity index (χ2n) is 6.18. The number of ether oxygens (including phenoxy) is 1. The second kappa shape index (κ2) is 7.69. The maximum Gasteiger partial charge on any atom is 0.262 e. The minimum Gasteiger partial charge on any atom is -0.484 e. The van der Waals surface area contributed by atoms with Gasteiger partial charge in [0.2, 0.25) is 11.9 Å². The number of carbonyl (C=O) groups is 2. The van der Waals surface area contributed by atoms with Crippen LogP contribution in [0.25, 0.3) is 0 Å². The van der Waals surface area contributed by atoms with Crippen LogP contribution >= 0.6 is 11.6 Å². The van der Waals surface area contributed by atoms with Crippen LogP contribution in [0.15, 0.2) is 54.9 Å². The number of nitrogens with one attached hydrogen (secondary N) is 2. The number of hydrogen-bond acceptors (Lipinski definition) is 5. The summed E-state index contributed by atoms with van der Waals surface area (Å²) in [5.74, 6) is 0.547. The van der Waals surface area contributed by atoms with E-state index in [1.165, 1.54) is 6.33 Å². The molecule has 28 heavy (non-hydrogen) atoms. The van der Waals surface area contributed by atoms with Crippen molar-refractivity contribution in [3.63, 3.8) is 0 Å². The molecular formula is C19H16ClN5O3. The second-order valence-corrected chi connectivity index (χ2v) is 6.59. The number of carbonyl (C=O) groups excluding carboxylic acids is 2. The molecule has 2 heterocycles. The number of para-hydroxylation sites is 1. The summed E-state index contributed by atoms with van der Waals surface area (Å²) in [7, 11) is 0. The Hall–Kier alpha value is -3.39. The van der Waals surface area contributed by atoms with Gasteiger partial charge in [-0.05, 0) is 29.8 Å². The minimum atomic E-state index is -0.312. The molecule has 0 spiro atoms. The first-order chi connectivity index (χ1) is 13.6. The standard InChI is InChI=1S/C19H16ClN5O3/c20-14-3-1-2-4-15(14)23-18(27)10-28-13-7-5-12(6-8-13)16-9-17(26)24-19-21-11-22-25(16)19/h1-8,11,16H,9-10H2,(H,23,27)(H,21,22,24,26). The fourth-order valence-corrected chi connectivity index (χ4v) is 3.13. The summed E-state index contributed by atoms with van der Waals surface area (Å²) in [6, 6.07) is 13.9. The summed E-state index contributed by atoms with van der Waals surface area (Å²) in [5, 5.41) is 10.0. The van der Waals surface area contributed by atoms with Crippen LogP contribution in [0.5, 0.6) is 5.75 Å². The van der Waals surface area contributed by atoms with Gasteiger partial charge >= 0.3 is 0 Å². The molecule has 1 unspecified atom stereocenters. The highest BCUT2D eigenvalue weighted by atomic mass is 35.5. The van der Waals surface area contributed by atoms with E-state index in [1.54, 1.807) is 41.1 Å². The van der Waals surface area contributed by atoms with Crippen molar-refractivity contribution in [1.29, 1.82) is 0 Å². The molecule has 0 saturated carbocycles. The van der Waals surface area contributed by atoms with Gasteiger partial charge in [-0.3, -0.25) is 14.9 Å². The Balaban J connectivity index is 1.39. The van der Waals surface area contributed by atoms with Crippen LogP contribution in [-0.2, 0) is 9.59 Å². The van der Waals surface area contributed by atoms with Crippen LogP contribution in [0.1, 0.15) is 18.0 Å². The van der Waals surface area contributed by atoms with E-state index < -0.39 is 0 Å². The summed E-state index contributed by atoms with van der Waals surface area (Å²) in [6.45, 7) is -0.149. The monoisotopic (exact) mass is 397 g/mol. The average Bonchev–Trinajstić information content (AvgIpc) is 3.16. The van der Waals surface area contributed by atoms with Gasteiger partial charge in [-0.25, -0.2) is 4.68 Å². The molecule has 9 heteroatoms. The molecule has 0 fully saturated rings. The Morgan fingerprint density at radius 2 is 2.04 bits per heavy atom. The fraction of sp³-hybridized carbons (Fsp3) is 0.158. The molecule has 0 radical (unpaired) electrons. The van der Waals surface area contributed by atoms with Gasteiger partial charge < -0.3 is 10.1 Å². The largest absolute Gasteiger partial charge is 0.484 e. The maximum absolute atomic E-state index is 12.0. The first-order valence-electron chi connectivity index (χ1n) is 8.56. The number of amides is 2. The highest BCUT2D eigenvalue weighted by Gasteiger charge is 2.27. The zero-order chi connectivity index (χ0) is 19.5. The number of nitrogens with zero attached hydrogens (tertiary/aromatic N) is 3. The lowest BCUT2D eigenvalue weighted by Crippen LogP contribution is -2.29. The lowest BCUT2D eigenvalue weighted by Gasteiger charge is -2.23. The lowest BCUT2D eigenvalue weighted by molar-refractivity contribution is -0.118. The molecule has 1 aromatic heterocycles. The van der Waals surface area contributed by atoms with Crippen molar-refractivity contribution in [1.82, 2.24) is 14.8 Å². The molecule has 8 nitrogen and oxygen atoms in total. The van der Waals surface area contributed by atoms with Crippen molar-refractivity contribution in [3.05, 3.63) is 65.4 Å². The van der Waals surface area contributed by atoms with Gasteiger partial charge in [0.15, 0.2) is 6.61 Å². The predicted octanol–water partition coefficient (Wildman–Crippen LogP) is 2.88. The van der Waals surface area contributed by atoms with Crippen LogP contribution in [0.3, 0.4) is 0 Å². The third-order valence-corrected chi connectivity index (χ3v) is 4.61. The fourth-order valence-electron chi connectivity index (χ4n) is 2.95. The van der Waals surface area contributed by atoms with E-state index in [0.29, 0.717) is 22.4 Å². The van der Waals surface area contributed by atoms with Gasteiger partial charge in [-0.15, -0.1) is 0 Å². The molecule has 0 saturated heterocycles. The third kappa shape index (κ3) is 3.81. The molecule has 1 atom stereocenters. The number of halogens is 1. The van der Waals surface area contributed by atoms with Crippen LogP contribution in [0.4, 0.5) is 11.6 Å². The molecule has 4 rings (SSSR count). The Morgan fingerprint density at radius 3 is 2.82 bits per heavy atom. The van der Waals surface area contributed by atoms with E-state index in [0.717, 1.165) is 5.56 Å². The smallest absolute Gasteiger partial charge is 0.262 e. The van der Waals surface area contributed by atoms with Crippen molar-refractivity contribution < 1.29 is 14.3 Å². The molecule has 3 aromatic rings. The Morgan fingerprint density at radius 1 is 1.25 bits per heavy atom. The molecule has 2 N–H and O–H groups in total. The number of anilines is 2. The summed E-state index contributed by atoms with van der Waals surface area (Å²) in [6.07, 6.45) is 1.68. The van der Waals surface area contributed by atoms with Gasteiger partial charge in [0.25, 0.3) is 5.91 Å². The zero-order valence-corrected chi connectivity index (χ0v) is 15.4. The summed E-state index contributed by atoms with van der Waals surface area (Å²) in [5.41, 5.74) is 1.43. The SMILES string of the molecule is O=C(COc1ccc(C2CC(=O)Nc3ncnn32)cc1)Nc1ccccc1Cl. The normalized spacial score (nSPS) is 15.5. The van der Waals surface area contributed by atoms with Crippen molar-refractivity contribution in [3.8, 4) is 5.75 Å². The molecule has 2 aromatic carbocycles. The molecule has 0 bridgehead atoms. The summed E-state index contributed by atoms with van der Waals surface area (Å²) < 4.78 is 7.20. The van der Waals surface area contributed by atoms with Gasteiger partial charge in [0, 0.05) is 0 Å². The minimum absolute atomic E-state index is 0.109. The summed E-state index contributed by atoms with van der Waals surface area (Å²) >= 11 is 6.02. The van der Waals surface area contributed by atoms with Gasteiger partial charge in [-0.2, -0.15) is 10.1 Å². The third-order valence-electron chi connectivity index (χ3n) is 4.28. The quantitative estimate of drug-likeness (QED) is 0.689. The number of rotatable bonds is 5. The number of aromatic nitrogens is 3. The van der Waals surface area contributed by atoms with E-state index >= 15 is 0 Å². The Bertz CT molecular complexity index is 1020. The van der Waals surface area contributed by atoms with E-state index in [2.05, 4.69) is 20.7 Å². The topological polar surface area (TPSA) is 98.1 Å². The van der Waals surface area contributed by atoms with E-state index in [4.69, 9.17) is 16.3 Å². The first-order valence-corrected chi connectivity index (χ1v) is 8.94. The van der Waals surface area contributed by atoms with Crippen molar-refractivity contribution >= 4 is 35.1 Å². The molecule has 0 aliphatic carbocycles. The Labute approximate surface area is 165 Å². The summed E-state index contributed by atoms with van der Waals surface area (Å²) in [4.78, 5) is 27.9. The van der Waals surface area contributed by atoms with Crippen LogP contribution in [0, 0.1) is 0 Å². The van der Waals surface area contributed by atoms with Gasteiger partial charge in [0.05, 0.1) is 23.2 Å². The van der Waals surface area contributed by atoms with Crippen LogP contribution in [-0.4, -0.2) is 33.2 Å². The highest BCUT2D eigenvalue weighted by molar-refractivity contribution is 6.33. The Kier molecular flexibility index (Phi) is 4.94. The van der Waals surface area contributed by atoms with Gasteiger partial charge in [0.1, 0.15) is 12.1 Å². The van der Waals surface area contributed by atoms with Gasteiger partial charge in [-0.1, -0.05) is 35.9 Å². The van der Waals surface area contributed by atoms with E-state index in [1.807, 2.05) is 12.1 Å². The van der Waals surface area contributed by atoms with Crippen molar-refractivity contribution in [2.24, 2.45) is 0 Å². The lowest BCUT2D eigenvalue weighted by atomic mass is 10.0. The zero-order valence-electron chi connectivity index (χ0n) is 14.6. The van der Waals surface area contributed by atoms with Crippen LogP contribution in [0.2, 0.25) is 5.02 Å². The predicted molar refractivity (Wildman–Crippen MR) is 103 cm³/mol. The van der Waals surface area contributed by atoms with Crippen molar-refractivity contribution in [2.75, 3.05) is 17.2 Å². The first kappa shape index (κ1) is 18.0.